The molecule has 1 aliphatic rings. The zero-order chi connectivity index (χ0) is 18.1. The first-order valence-corrected chi connectivity index (χ1v) is 8.65. The molecular weight excluding hydrogens is 324 g/mol. The number of fused-ring (bicyclic) bond motifs is 3. The molecule has 4 heteroatoms. The van der Waals surface area contributed by atoms with E-state index in [2.05, 4.69) is 41.7 Å². The summed E-state index contributed by atoms with van der Waals surface area (Å²) in [6.45, 7) is 0.760. The number of para-hydroxylation sites is 1. The molecule has 132 valence electrons. The highest BCUT2D eigenvalue weighted by Crippen LogP contribution is 2.42. The minimum Gasteiger partial charge on any atom is -0.493 e. The Morgan fingerprint density at radius 3 is 2.54 bits per heavy atom. The number of benzene rings is 3. The van der Waals surface area contributed by atoms with Gasteiger partial charge in [0.15, 0.2) is 11.5 Å². The molecule has 0 aromatic heterocycles. The molecule has 0 unspecified atom stereocenters. The van der Waals surface area contributed by atoms with Gasteiger partial charge in [-0.05, 0) is 40.5 Å². The van der Waals surface area contributed by atoms with Crippen LogP contribution in [0.4, 0.5) is 5.69 Å². The topological polar surface area (TPSA) is 56.5 Å². The van der Waals surface area contributed by atoms with Crippen molar-refractivity contribution in [1.29, 1.82) is 0 Å². The van der Waals surface area contributed by atoms with E-state index < -0.39 is 0 Å². The molecule has 0 saturated heterocycles. The molecule has 1 aliphatic heterocycles. The van der Waals surface area contributed by atoms with E-state index in [1.54, 1.807) is 14.2 Å². The summed E-state index contributed by atoms with van der Waals surface area (Å²) in [5.41, 5.74) is 12.7. The van der Waals surface area contributed by atoms with E-state index in [4.69, 9.17) is 15.2 Å². The molecule has 0 amide bonds. The van der Waals surface area contributed by atoms with Crippen molar-refractivity contribution < 1.29 is 9.47 Å². The highest BCUT2D eigenvalue weighted by atomic mass is 16.5. The first kappa shape index (κ1) is 16.5. The van der Waals surface area contributed by atoms with Crippen molar-refractivity contribution in [2.24, 2.45) is 0 Å². The van der Waals surface area contributed by atoms with Gasteiger partial charge < -0.3 is 20.5 Å². The van der Waals surface area contributed by atoms with Gasteiger partial charge in [0.2, 0.25) is 0 Å². The largest absolute Gasteiger partial charge is 0.493 e. The number of hydrogen-bond donors (Lipinski definition) is 2. The number of hydrogen-bond acceptors (Lipinski definition) is 4. The Morgan fingerprint density at radius 1 is 0.885 bits per heavy atom. The van der Waals surface area contributed by atoms with Crippen molar-refractivity contribution in [3.8, 4) is 22.6 Å². The van der Waals surface area contributed by atoms with Crippen LogP contribution in [-0.4, -0.2) is 14.2 Å². The quantitative estimate of drug-likeness (QED) is 0.700. The molecule has 0 fully saturated rings. The predicted molar refractivity (Wildman–Crippen MR) is 105 cm³/mol. The van der Waals surface area contributed by atoms with Crippen LogP contribution in [0.1, 0.15) is 22.7 Å². The maximum Gasteiger partial charge on any atom is 0.165 e. The molecule has 0 aliphatic carbocycles. The highest BCUT2D eigenvalue weighted by Gasteiger charge is 2.26. The van der Waals surface area contributed by atoms with Gasteiger partial charge in [0.05, 0.1) is 20.3 Å². The van der Waals surface area contributed by atoms with Crippen molar-refractivity contribution in [3.05, 3.63) is 77.4 Å². The maximum absolute atomic E-state index is 6.14. The number of nitrogen functional groups attached to an aromatic ring is 1. The van der Waals surface area contributed by atoms with Gasteiger partial charge >= 0.3 is 0 Å². The molecule has 3 aromatic carbocycles. The van der Waals surface area contributed by atoms with E-state index >= 15 is 0 Å². The monoisotopic (exact) mass is 346 g/mol. The predicted octanol–water partition coefficient (Wildman–Crippen LogP) is 4.15. The number of nitrogens with one attached hydrogen (secondary N) is 1. The molecule has 0 bridgehead atoms. The lowest BCUT2D eigenvalue weighted by Crippen LogP contribution is -2.21. The van der Waals surface area contributed by atoms with Crippen molar-refractivity contribution in [2.75, 3.05) is 20.0 Å². The average molecular weight is 346 g/mol. The van der Waals surface area contributed by atoms with E-state index in [-0.39, 0.29) is 6.04 Å². The number of anilines is 1. The second-order valence-corrected chi connectivity index (χ2v) is 6.40. The summed E-state index contributed by atoms with van der Waals surface area (Å²) in [4.78, 5) is 0. The van der Waals surface area contributed by atoms with Gasteiger partial charge in [0.1, 0.15) is 0 Å². The van der Waals surface area contributed by atoms with Crippen LogP contribution >= 0.6 is 0 Å². The molecule has 3 aromatic rings. The van der Waals surface area contributed by atoms with Crippen LogP contribution in [0.5, 0.6) is 11.5 Å². The lowest BCUT2D eigenvalue weighted by Gasteiger charge is -2.23. The molecule has 1 heterocycles. The number of rotatable bonds is 3. The number of nitrogens with two attached hydrogens (primary N) is 1. The van der Waals surface area contributed by atoms with E-state index in [9.17, 15) is 0 Å². The first-order valence-electron chi connectivity index (χ1n) is 8.65. The van der Waals surface area contributed by atoms with E-state index in [0.29, 0.717) is 0 Å². The third-order valence-electron chi connectivity index (χ3n) is 4.94. The normalized spacial score (nSPS) is 15.5. The van der Waals surface area contributed by atoms with E-state index in [1.165, 1.54) is 16.7 Å². The fourth-order valence-electron chi connectivity index (χ4n) is 3.74. The molecule has 4 nitrogen and oxygen atoms in total. The molecule has 1 atom stereocenters. The molecular formula is C22H22N2O2. The Balaban J connectivity index is 1.94. The van der Waals surface area contributed by atoms with Crippen LogP contribution in [0.15, 0.2) is 60.7 Å². The van der Waals surface area contributed by atoms with Gasteiger partial charge in [-0.1, -0.05) is 42.5 Å². The zero-order valence-corrected chi connectivity index (χ0v) is 15.0. The number of methoxy groups -OCH3 is 2. The Morgan fingerprint density at radius 2 is 1.73 bits per heavy atom. The summed E-state index contributed by atoms with van der Waals surface area (Å²) in [6, 6.07) is 20.5. The second-order valence-electron chi connectivity index (χ2n) is 6.40. The second kappa shape index (κ2) is 6.73. The molecule has 0 spiro atoms. The van der Waals surface area contributed by atoms with Crippen molar-refractivity contribution in [1.82, 2.24) is 5.32 Å². The van der Waals surface area contributed by atoms with E-state index in [0.717, 1.165) is 34.9 Å². The molecule has 3 N–H and O–H groups in total. The van der Waals surface area contributed by atoms with Crippen LogP contribution in [0.2, 0.25) is 0 Å². The minimum atomic E-state index is -0.0500. The third kappa shape index (κ3) is 2.68. The van der Waals surface area contributed by atoms with Crippen molar-refractivity contribution in [3.63, 3.8) is 0 Å². The summed E-state index contributed by atoms with van der Waals surface area (Å²) in [6.07, 6.45) is 0. The minimum absolute atomic E-state index is 0.0500. The fourth-order valence-corrected chi connectivity index (χ4v) is 3.74. The van der Waals surface area contributed by atoms with Crippen molar-refractivity contribution >= 4 is 5.69 Å². The smallest absolute Gasteiger partial charge is 0.165 e. The Kier molecular flexibility index (Phi) is 4.27. The summed E-state index contributed by atoms with van der Waals surface area (Å²) >= 11 is 0. The molecule has 26 heavy (non-hydrogen) atoms. The van der Waals surface area contributed by atoms with Crippen LogP contribution in [0.25, 0.3) is 11.1 Å². The van der Waals surface area contributed by atoms with Gasteiger partial charge in [-0.3, -0.25) is 0 Å². The summed E-state index contributed by atoms with van der Waals surface area (Å²) in [5, 5.41) is 3.67. The maximum atomic E-state index is 6.14. The summed E-state index contributed by atoms with van der Waals surface area (Å²) in [5.74, 6) is 1.46. The van der Waals surface area contributed by atoms with Gasteiger partial charge in [-0.15, -0.1) is 0 Å². The Bertz CT molecular complexity index is 953. The first-order chi connectivity index (χ1) is 12.7. The third-order valence-corrected chi connectivity index (χ3v) is 4.94. The lowest BCUT2D eigenvalue weighted by atomic mass is 9.90. The van der Waals surface area contributed by atoms with Gasteiger partial charge in [-0.2, -0.15) is 0 Å². The highest BCUT2D eigenvalue weighted by molar-refractivity contribution is 5.75. The van der Waals surface area contributed by atoms with Crippen LogP contribution in [-0.2, 0) is 6.54 Å². The lowest BCUT2D eigenvalue weighted by molar-refractivity contribution is 0.348. The van der Waals surface area contributed by atoms with Gasteiger partial charge in [0, 0.05) is 17.8 Å². The average Bonchev–Trinajstić information content (AvgIpc) is 2.83. The van der Waals surface area contributed by atoms with Crippen LogP contribution < -0.4 is 20.5 Å². The molecule has 0 radical (unpaired) electrons. The van der Waals surface area contributed by atoms with E-state index in [1.807, 2.05) is 24.3 Å². The van der Waals surface area contributed by atoms with Gasteiger partial charge in [0.25, 0.3) is 0 Å². The standard InChI is InChI=1S/C22H22N2O2/c1-25-20-9-5-8-18(22(20)26-2)21-19-12-15(23)10-11-17(19)16-7-4-3-6-14(16)13-24-21/h3-12,21,24H,13,23H2,1-2H3/t21-/m1/s1. The fraction of sp³-hybridized carbons (Fsp3) is 0.182. The summed E-state index contributed by atoms with van der Waals surface area (Å²) < 4.78 is 11.2. The Labute approximate surface area is 153 Å². The van der Waals surface area contributed by atoms with Crippen molar-refractivity contribution in [2.45, 2.75) is 12.6 Å². The number of ether oxygens (including phenoxy) is 2. The van der Waals surface area contributed by atoms with Crippen LogP contribution in [0, 0.1) is 0 Å². The van der Waals surface area contributed by atoms with Gasteiger partial charge in [-0.25, -0.2) is 0 Å². The molecule has 4 rings (SSSR count). The zero-order valence-electron chi connectivity index (χ0n) is 15.0. The SMILES string of the molecule is COc1cccc([C@H]2NCc3ccccc3-c3ccc(N)cc32)c1OC. The van der Waals surface area contributed by atoms with Crippen LogP contribution in [0.3, 0.4) is 0 Å². The molecule has 0 saturated carbocycles. The summed E-state index contributed by atoms with van der Waals surface area (Å²) in [7, 11) is 3.33. The Hall–Kier alpha value is -2.98.